The van der Waals surface area contributed by atoms with Gasteiger partial charge in [-0.1, -0.05) is 40.2 Å². The summed E-state index contributed by atoms with van der Waals surface area (Å²) in [5.41, 5.74) is 0.970. The van der Waals surface area contributed by atoms with Gasteiger partial charge in [-0.05, 0) is 35.9 Å². The lowest BCUT2D eigenvalue weighted by Crippen LogP contribution is -2.30. The molecule has 0 heterocycles. The highest BCUT2D eigenvalue weighted by Gasteiger charge is 2.32. The van der Waals surface area contributed by atoms with Crippen molar-refractivity contribution in [2.24, 2.45) is 0 Å². The molecule has 1 aliphatic carbocycles. The number of rotatable bonds is 6. The molecule has 0 atom stereocenters. The highest BCUT2D eigenvalue weighted by molar-refractivity contribution is 9.09. The first-order valence-electron chi connectivity index (χ1n) is 7.39. The Kier molecular flexibility index (Phi) is 4.52. The van der Waals surface area contributed by atoms with Crippen molar-refractivity contribution in [1.82, 2.24) is 4.90 Å². The van der Waals surface area contributed by atoms with Crippen molar-refractivity contribution in [3.8, 4) is 5.75 Å². The van der Waals surface area contributed by atoms with Gasteiger partial charge in [-0.25, -0.2) is 4.79 Å². The minimum absolute atomic E-state index is 0.177. The average molecular weight is 364 g/mol. The normalized spacial score (nSPS) is 14.0. The van der Waals surface area contributed by atoms with Crippen molar-refractivity contribution < 1.29 is 14.6 Å². The molecule has 0 aromatic heterocycles. The number of carboxylic acid groups (broad SMARTS) is 1. The van der Waals surface area contributed by atoms with Crippen molar-refractivity contribution in [2.45, 2.75) is 25.4 Å². The maximum absolute atomic E-state index is 11.4. The molecule has 0 unspecified atom stereocenters. The van der Waals surface area contributed by atoms with Crippen LogP contribution in [-0.2, 0) is 6.54 Å². The molecule has 0 saturated heterocycles. The van der Waals surface area contributed by atoms with E-state index in [1.165, 1.54) is 4.90 Å². The van der Waals surface area contributed by atoms with Crippen molar-refractivity contribution in [3.63, 3.8) is 0 Å². The molecule has 1 saturated carbocycles. The van der Waals surface area contributed by atoms with Gasteiger partial charge in [0.25, 0.3) is 0 Å². The molecule has 5 heteroatoms. The minimum atomic E-state index is -0.849. The smallest absolute Gasteiger partial charge is 0.407 e. The van der Waals surface area contributed by atoms with Gasteiger partial charge in [0.1, 0.15) is 5.75 Å². The van der Waals surface area contributed by atoms with E-state index in [2.05, 4.69) is 22.0 Å². The van der Waals surface area contributed by atoms with Crippen LogP contribution in [0.3, 0.4) is 0 Å². The van der Waals surface area contributed by atoms with E-state index in [0.29, 0.717) is 13.2 Å². The molecule has 1 aliphatic rings. The number of nitrogens with zero attached hydrogens (tertiary/aromatic N) is 1. The molecule has 4 nitrogen and oxygen atoms in total. The van der Waals surface area contributed by atoms with Gasteiger partial charge >= 0.3 is 6.09 Å². The van der Waals surface area contributed by atoms with E-state index in [4.69, 9.17) is 4.74 Å². The molecule has 22 heavy (non-hydrogen) atoms. The van der Waals surface area contributed by atoms with Gasteiger partial charge in [-0.3, -0.25) is 0 Å². The molecule has 2 aromatic rings. The van der Waals surface area contributed by atoms with Crippen LogP contribution in [0.1, 0.15) is 18.4 Å². The standard InChI is InChI=1S/C17H18BrNO3/c18-7-8-22-16-10-12(9-13-3-1-2-4-15(13)16)11-19(17(20)21)14-5-6-14/h1-4,9-10,14H,5-8,11H2,(H,20,21). The Morgan fingerprint density at radius 3 is 2.77 bits per heavy atom. The Balaban J connectivity index is 1.93. The lowest BCUT2D eigenvalue weighted by atomic mass is 10.1. The number of ether oxygens (including phenoxy) is 1. The first-order valence-corrected chi connectivity index (χ1v) is 8.51. The molecule has 1 fully saturated rings. The number of alkyl halides is 1. The fraction of sp³-hybridized carbons (Fsp3) is 0.353. The Morgan fingerprint density at radius 2 is 2.09 bits per heavy atom. The highest BCUT2D eigenvalue weighted by Crippen LogP contribution is 2.32. The van der Waals surface area contributed by atoms with E-state index in [0.717, 1.165) is 40.3 Å². The van der Waals surface area contributed by atoms with Gasteiger partial charge in [0.15, 0.2) is 0 Å². The van der Waals surface area contributed by atoms with Gasteiger partial charge in [-0.2, -0.15) is 0 Å². The zero-order chi connectivity index (χ0) is 15.5. The molecule has 1 N–H and O–H groups in total. The third-order valence-electron chi connectivity index (χ3n) is 3.80. The maximum Gasteiger partial charge on any atom is 0.407 e. The molecule has 3 rings (SSSR count). The predicted octanol–water partition coefficient (Wildman–Crippen LogP) is 4.26. The summed E-state index contributed by atoms with van der Waals surface area (Å²) >= 11 is 3.37. The molecule has 0 radical (unpaired) electrons. The molecule has 0 aliphatic heterocycles. The zero-order valence-electron chi connectivity index (χ0n) is 12.2. The summed E-state index contributed by atoms with van der Waals surface area (Å²) in [6, 6.07) is 12.2. The van der Waals surface area contributed by atoms with Crippen LogP contribution in [0.2, 0.25) is 0 Å². The highest BCUT2D eigenvalue weighted by atomic mass is 79.9. The second kappa shape index (κ2) is 6.57. The number of hydrogen-bond acceptors (Lipinski definition) is 2. The number of fused-ring (bicyclic) bond motifs is 1. The van der Waals surface area contributed by atoms with Gasteiger partial charge < -0.3 is 14.7 Å². The fourth-order valence-electron chi connectivity index (χ4n) is 2.63. The number of hydrogen-bond donors (Lipinski definition) is 1. The molecule has 0 spiro atoms. The topological polar surface area (TPSA) is 49.8 Å². The van der Waals surface area contributed by atoms with Crippen LogP contribution in [0.5, 0.6) is 5.75 Å². The summed E-state index contributed by atoms with van der Waals surface area (Å²) in [5, 5.41) is 12.2. The summed E-state index contributed by atoms with van der Waals surface area (Å²) < 4.78 is 5.81. The van der Waals surface area contributed by atoms with Crippen molar-refractivity contribution in [1.29, 1.82) is 0 Å². The first kappa shape index (κ1) is 15.2. The Hall–Kier alpha value is -1.75. The van der Waals surface area contributed by atoms with Crippen molar-refractivity contribution in [3.05, 3.63) is 42.0 Å². The van der Waals surface area contributed by atoms with Crippen LogP contribution in [0.25, 0.3) is 10.8 Å². The van der Waals surface area contributed by atoms with E-state index < -0.39 is 6.09 Å². The Bertz CT molecular complexity index is 685. The second-order valence-electron chi connectivity index (χ2n) is 5.49. The van der Waals surface area contributed by atoms with E-state index in [1.807, 2.05) is 30.3 Å². The molecular formula is C17H18BrNO3. The van der Waals surface area contributed by atoms with Crippen molar-refractivity contribution in [2.75, 3.05) is 11.9 Å². The molecule has 116 valence electrons. The van der Waals surface area contributed by atoms with E-state index in [1.54, 1.807) is 0 Å². The van der Waals surface area contributed by atoms with Crippen LogP contribution >= 0.6 is 15.9 Å². The van der Waals surface area contributed by atoms with Crippen LogP contribution in [-0.4, -0.2) is 34.1 Å². The number of carbonyl (C=O) groups is 1. The van der Waals surface area contributed by atoms with Crippen LogP contribution < -0.4 is 4.74 Å². The number of benzene rings is 2. The third-order valence-corrected chi connectivity index (χ3v) is 4.13. The monoisotopic (exact) mass is 363 g/mol. The second-order valence-corrected chi connectivity index (χ2v) is 6.29. The number of halogens is 1. The SMILES string of the molecule is O=C(O)N(Cc1cc(OCCBr)c2ccccc2c1)C1CC1. The third kappa shape index (κ3) is 3.35. The average Bonchev–Trinajstić information content (AvgIpc) is 3.34. The van der Waals surface area contributed by atoms with Crippen LogP contribution in [0.15, 0.2) is 36.4 Å². The van der Waals surface area contributed by atoms with Crippen LogP contribution in [0.4, 0.5) is 4.79 Å². The summed E-state index contributed by atoms with van der Waals surface area (Å²) in [4.78, 5) is 12.9. The van der Waals surface area contributed by atoms with E-state index in [9.17, 15) is 9.90 Å². The van der Waals surface area contributed by atoms with Gasteiger partial charge in [0, 0.05) is 23.3 Å². The summed E-state index contributed by atoms with van der Waals surface area (Å²) in [5.74, 6) is 0.814. The molecule has 1 amide bonds. The lowest BCUT2D eigenvalue weighted by Gasteiger charge is -2.20. The summed E-state index contributed by atoms with van der Waals surface area (Å²) in [6.07, 6.45) is 1.08. The molecule has 2 aromatic carbocycles. The maximum atomic E-state index is 11.4. The van der Waals surface area contributed by atoms with E-state index >= 15 is 0 Å². The van der Waals surface area contributed by atoms with Crippen LogP contribution in [0, 0.1) is 0 Å². The predicted molar refractivity (Wildman–Crippen MR) is 89.8 cm³/mol. The Morgan fingerprint density at radius 1 is 1.32 bits per heavy atom. The largest absolute Gasteiger partial charge is 0.492 e. The zero-order valence-corrected chi connectivity index (χ0v) is 13.8. The first-order chi connectivity index (χ1) is 10.7. The minimum Gasteiger partial charge on any atom is -0.492 e. The van der Waals surface area contributed by atoms with Crippen molar-refractivity contribution >= 4 is 32.8 Å². The van der Waals surface area contributed by atoms with Gasteiger partial charge in [-0.15, -0.1) is 0 Å². The Labute approximate surface area is 137 Å². The van der Waals surface area contributed by atoms with Gasteiger partial charge in [0.05, 0.1) is 6.61 Å². The molecular weight excluding hydrogens is 346 g/mol. The molecule has 0 bridgehead atoms. The van der Waals surface area contributed by atoms with E-state index in [-0.39, 0.29) is 6.04 Å². The quantitative estimate of drug-likeness (QED) is 0.780. The number of amides is 1. The summed E-state index contributed by atoms with van der Waals surface area (Å²) in [6.45, 7) is 0.994. The lowest BCUT2D eigenvalue weighted by molar-refractivity contribution is 0.139. The van der Waals surface area contributed by atoms with Gasteiger partial charge in [0.2, 0.25) is 0 Å². The fourth-order valence-corrected chi connectivity index (χ4v) is 2.79. The summed E-state index contributed by atoms with van der Waals surface area (Å²) in [7, 11) is 0.